The highest BCUT2D eigenvalue weighted by molar-refractivity contribution is 7.16. The van der Waals surface area contributed by atoms with Gasteiger partial charge in [-0.3, -0.25) is 14.5 Å². The van der Waals surface area contributed by atoms with Gasteiger partial charge < -0.3 is 10.6 Å². The Hall–Kier alpha value is -1.91. The smallest absolute Gasteiger partial charge is 0.239 e. The molecule has 0 bridgehead atoms. The minimum Gasteiger partial charge on any atom is -0.352 e. The summed E-state index contributed by atoms with van der Waals surface area (Å²) in [5.41, 5.74) is 1.42. The van der Waals surface area contributed by atoms with Crippen molar-refractivity contribution >= 4 is 28.2 Å². The number of hydrogen-bond donors (Lipinski definition) is 2. The van der Waals surface area contributed by atoms with Crippen LogP contribution in [-0.2, 0) is 9.59 Å². The maximum Gasteiger partial charge on any atom is 0.239 e. The van der Waals surface area contributed by atoms with Gasteiger partial charge in [-0.1, -0.05) is 0 Å². The summed E-state index contributed by atoms with van der Waals surface area (Å²) in [6, 6.07) is 2.45. The van der Waals surface area contributed by atoms with Crippen molar-refractivity contribution in [2.24, 2.45) is 0 Å². The molecule has 6 nitrogen and oxygen atoms in total. The van der Waals surface area contributed by atoms with Gasteiger partial charge in [0.15, 0.2) is 0 Å². The highest BCUT2D eigenvalue weighted by atomic mass is 32.1. The van der Waals surface area contributed by atoms with E-state index in [1.54, 1.807) is 11.9 Å². The maximum atomic E-state index is 12.0. The van der Waals surface area contributed by atoms with Crippen molar-refractivity contribution < 1.29 is 9.59 Å². The fourth-order valence-electron chi connectivity index (χ4n) is 2.06. The number of anilines is 1. The van der Waals surface area contributed by atoms with Gasteiger partial charge in [0.25, 0.3) is 0 Å². The van der Waals surface area contributed by atoms with Crippen LogP contribution in [0.1, 0.15) is 28.8 Å². The molecule has 0 aromatic carbocycles. The van der Waals surface area contributed by atoms with Crippen molar-refractivity contribution in [3.8, 4) is 6.07 Å². The van der Waals surface area contributed by atoms with Crippen molar-refractivity contribution in [1.29, 1.82) is 5.26 Å². The lowest BCUT2D eigenvalue weighted by atomic mass is 10.2. The molecule has 0 saturated heterocycles. The number of carbonyl (C=O) groups excluding carboxylic acids is 2. The van der Waals surface area contributed by atoms with Gasteiger partial charge in [0, 0.05) is 10.9 Å². The molecule has 1 aliphatic carbocycles. The first-order chi connectivity index (χ1) is 10.4. The fraction of sp³-hybridized carbons (Fsp3) is 0.533. The lowest BCUT2D eigenvalue weighted by Crippen LogP contribution is -2.39. The zero-order valence-electron chi connectivity index (χ0n) is 13.0. The van der Waals surface area contributed by atoms with Crippen molar-refractivity contribution in [2.75, 3.05) is 25.5 Å². The minimum atomic E-state index is -0.223. The van der Waals surface area contributed by atoms with Gasteiger partial charge >= 0.3 is 0 Å². The summed E-state index contributed by atoms with van der Waals surface area (Å²) in [5, 5.41) is 15.4. The summed E-state index contributed by atoms with van der Waals surface area (Å²) in [6.07, 6.45) is 2.09. The average molecular weight is 320 g/mol. The van der Waals surface area contributed by atoms with E-state index in [2.05, 4.69) is 16.7 Å². The normalized spacial score (nSPS) is 13.8. The highest BCUT2D eigenvalue weighted by Crippen LogP contribution is 2.31. The van der Waals surface area contributed by atoms with Gasteiger partial charge in [0.05, 0.1) is 18.7 Å². The monoisotopic (exact) mass is 320 g/mol. The van der Waals surface area contributed by atoms with E-state index in [4.69, 9.17) is 5.26 Å². The number of likely N-dealkylation sites (N-methyl/N-ethyl adjacent to an activating group) is 1. The largest absolute Gasteiger partial charge is 0.352 e. The first-order valence-electron chi connectivity index (χ1n) is 7.18. The number of nitrogens with one attached hydrogen (secondary N) is 2. The molecule has 0 unspecified atom stereocenters. The molecule has 1 aromatic rings. The third kappa shape index (κ3) is 4.29. The number of nitrogens with zero attached hydrogens (tertiary/aromatic N) is 2. The Labute approximate surface area is 134 Å². The molecule has 0 radical (unpaired) electrons. The molecule has 2 amide bonds. The summed E-state index contributed by atoms with van der Waals surface area (Å²) in [5.74, 6) is -0.280. The standard InChI is InChI=1S/C15H20N4O2S/c1-9-10(2)22-15(12(9)6-16)18-14(21)8-19(3)7-13(20)17-11-4-5-11/h11H,4-5,7-8H2,1-3H3,(H,17,20)(H,18,21). The van der Waals surface area contributed by atoms with E-state index in [1.807, 2.05) is 13.8 Å². The molecular weight excluding hydrogens is 300 g/mol. The number of aryl methyl sites for hydroxylation is 1. The maximum absolute atomic E-state index is 12.0. The average Bonchev–Trinajstić information content (AvgIpc) is 3.17. The summed E-state index contributed by atoms with van der Waals surface area (Å²) in [6.45, 7) is 4.09. The zero-order chi connectivity index (χ0) is 16.3. The lowest BCUT2D eigenvalue weighted by Gasteiger charge is -2.15. The predicted molar refractivity (Wildman–Crippen MR) is 85.8 cm³/mol. The molecule has 1 aromatic heterocycles. The molecule has 1 saturated carbocycles. The van der Waals surface area contributed by atoms with Crippen LogP contribution < -0.4 is 10.6 Å². The van der Waals surface area contributed by atoms with Crippen molar-refractivity contribution in [3.05, 3.63) is 16.0 Å². The Morgan fingerprint density at radius 3 is 2.55 bits per heavy atom. The Kier molecular flexibility index (Phi) is 5.16. The number of thiophene rings is 1. The third-order valence-corrected chi connectivity index (χ3v) is 4.64. The van der Waals surface area contributed by atoms with Crippen molar-refractivity contribution in [1.82, 2.24) is 10.2 Å². The Morgan fingerprint density at radius 2 is 1.95 bits per heavy atom. The molecule has 0 spiro atoms. The van der Waals surface area contributed by atoms with E-state index >= 15 is 0 Å². The molecule has 2 N–H and O–H groups in total. The van der Waals surface area contributed by atoms with Crippen LogP contribution in [0.15, 0.2) is 0 Å². The lowest BCUT2D eigenvalue weighted by molar-refractivity contribution is -0.123. The molecule has 118 valence electrons. The van der Waals surface area contributed by atoms with Gasteiger partial charge in [-0.15, -0.1) is 11.3 Å². The summed E-state index contributed by atoms with van der Waals surface area (Å²) in [4.78, 5) is 26.4. The SMILES string of the molecule is Cc1sc(NC(=O)CN(C)CC(=O)NC2CC2)c(C#N)c1C. The number of rotatable bonds is 6. The number of amides is 2. The summed E-state index contributed by atoms with van der Waals surface area (Å²) >= 11 is 1.40. The first-order valence-corrected chi connectivity index (χ1v) is 8.00. The van der Waals surface area contributed by atoms with Crippen LogP contribution in [0, 0.1) is 25.2 Å². The fourth-order valence-corrected chi connectivity index (χ4v) is 3.09. The number of hydrogen-bond acceptors (Lipinski definition) is 5. The zero-order valence-corrected chi connectivity index (χ0v) is 13.8. The molecule has 1 aliphatic rings. The molecule has 1 fully saturated rings. The van der Waals surface area contributed by atoms with Crippen LogP contribution in [-0.4, -0.2) is 42.9 Å². The first kappa shape index (κ1) is 16.5. The van der Waals surface area contributed by atoms with Crippen LogP contribution >= 0.6 is 11.3 Å². The second-order valence-corrected chi connectivity index (χ2v) is 6.89. The van der Waals surface area contributed by atoms with Crippen LogP contribution in [0.2, 0.25) is 0 Å². The van der Waals surface area contributed by atoms with Crippen molar-refractivity contribution in [2.45, 2.75) is 32.7 Å². The Balaban J connectivity index is 1.85. The second kappa shape index (κ2) is 6.90. The second-order valence-electron chi connectivity index (χ2n) is 5.66. The Morgan fingerprint density at radius 1 is 1.32 bits per heavy atom. The number of carbonyl (C=O) groups is 2. The molecule has 1 heterocycles. The minimum absolute atomic E-state index is 0.0571. The van der Waals surface area contributed by atoms with Gasteiger partial charge in [-0.05, 0) is 39.3 Å². The van der Waals surface area contributed by atoms with E-state index in [0.29, 0.717) is 16.6 Å². The van der Waals surface area contributed by atoms with E-state index in [1.165, 1.54) is 11.3 Å². The van der Waals surface area contributed by atoms with Crippen LogP contribution in [0.4, 0.5) is 5.00 Å². The van der Waals surface area contributed by atoms with Gasteiger partial charge in [-0.25, -0.2) is 0 Å². The molecule has 0 aliphatic heterocycles. The molecule has 2 rings (SSSR count). The van der Waals surface area contributed by atoms with E-state index in [-0.39, 0.29) is 24.9 Å². The molecule has 7 heteroatoms. The summed E-state index contributed by atoms with van der Waals surface area (Å²) in [7, 11) is 1.72. The molecule has 0 atom stereocenters. The van der Waals surface area contributed by atoms with Gasteiger partial charge in [0.1, 0.15) is 11.1 Å². The van der Waals surface area contributed by atoms with Crippen LogP contribution in [0.3, 0.4) is 0 Å². The van der Waals surface area contributed by atoms with Crippen molar-refractivity contribution in [3.63, 3.8) is 0 Å². The quantitative estimate of drug-likeness (QED) is 0.829. The van der Waals surface area contributed by atoms with E-state index in [0.717, 1.165) is 23.3 Å². The molecule has 22 heavy (non-hydrogen) atoms. The van der Waals surface area contributed by atoms with Crippen LogP contribution in [0.5, 0.6) is 0 Å². The Bertz CT molecular complexity index is 628. The third-order valence-electron chi connectivity index (χ3n) is 3.52. The van der Waals surface area contributed by atoms with Crippen LogP contribution in [0.25, 0.3) is 0 Å². The van der Waals surface area contributed by atoms with Gasteiger partial charge in [-0.2, -0.15) is 5.26 Å². The summed E-state index contributed by atoms with van der Waals surface area (Å²) < 4.78 is 0. The van der Waals surface area contributed by atoms with Gasteiger partial charge in [0.2, 0.25) is 11.8 Å². The number of nitriles is 1. The topological polar surface area (TPSA) is 85.2 Å². The highest BCUT2D eigenvalue weighted by Gasteiger charge is 2.24. The van der Waals surface area contributed by atoms with E-state index in [9.17, 15) is 9.59 Å². The van der Waals surface area contributed by atoms with E-state index < -0.39 is 0 Å². The predicted octanol–water partition coefficient (Wildman–Crippen LogP) is 1.39. The molecular formula is C15H20N4O2S.